The molecule has 0 saturated carbocycles. The van der Waals surface area contributed by atoms with Gasteiger partial charge in [-0.15, -0.1) is 11.3 Å². The van der Waals surface area contributed by atoms with Crippen LogP contribution in [-0.2, 0) is 6.42 Å². The Balaban J connectivity index is 2.23. The number of aromatic hydroxyl groups is 1. The summed E-state index contributed by atoms with van der Waals surface area (Å²) in [6.07, 6.45) is 2.08. The molecule has 0 radical (unpaired) electrons. The van der Waals surface area contributed by atoms with Crippen molar-refractivity contribution in [3.05, 3.63) is 40.0 Å². The van der Waals surface area contributed by atoms with Crippen molar-refractivity contribution in [2.45, 2.75) is 6.42 Å². The number of aromatic carboxylic acids is 1. The van der Waals surface area contributed by atoms with Crippen LogP contribution in [0, 0.1) is 0 Å². The van der Waals surface area contributed by atoms with Gasteiger partial charge < -0.3 is 10.2 Å². The van der Waals surface area contributed by atoms with Gasteiger partial charge in [-0.05, 0) is 12.1 Å². The molecule has 0 aliphatic heterocycles. The highest BCUT2D eigenvalue weighted by Crippen LogP contribution is 2.25. The van der Waals surface area contributed by atoms with Crippen LogP contribution < -0.4 is 0 Å². The third-order valence-corrected chi connectivity index (χ3v) is 2.94. The van der Waals surface area contributed by atoms with Crippen molar-refractivity contribution in [3.8, 4) is 5.88 Å². The highest BCUT2D eigenvalue weighted by molar-refractivity contribution is 7.13. The molecule has 0 saturated heterocycles. The van der Waals surface area contributed by atoms with E-state index in [1.165, 1.54) is 0 Å². The second-order valence-corrected chi connectivity index (χ2v) is 4.15. The van der Waals surface area contributed by atoms with Crippen LogP contribution >= 0.6 is 11.3 Å². The number of carbonyl (C=O) groups is 1. The summed E-state index contributed by atoms with van der Waals surface area (Å²) in [5.41, 5.74) is 0.785. The fourth-order valence-corrected chi connectivity index (χ4v) is 2.04. The van der Waals surface area contributed by atoms with Crippen molar-refractivity contribution in [1.29, 1.82) is 0 Å². The fourth-order valence-electron chi connectivity index (χ4n) is 1.23. The Labute approximate surface area is 95.0 Å². The van der Waals surface area contributed by atoms with Crippen LogP contribution in [0.3, 0.4) is 0 Å². The highest BCUT2D eigenvalue weighted by Gasteiger charge is 2.16. The molecule has 2 heterocycles. The molecule has 2 rings (SSSR count). The number of aromatic nitrogens is 2. The zero-order valence-electron chi connectivity index (χ0n) is 8.12. The largest absolute Gasteiger partial charge is 0.492 e. The van der Waals surface area contributed by atoms with Gasteiger partial charge in [0, 0.05) is 18.3 Å². The highest BCUT2D eigenvalue weighted by atomic mass is 32.1. The molecule has 2 N–H and O–H groups in total. The van der Waals surface area contributed by atoms with Crippen LogP contribution in [0.4, 0.5) is 0 Å². The molecule has 5 nitrogen and oxygen atoms in total. The minimum atomic E-state index is -1.16. The van der Waals surface area contributed by atoms with E-state index in [0.29, 0.717) is 11.4 Å². The Hall–Kier alpha value is -1.95. The van der Waals surface area contributed by atoms with Crippen molar-refractivity contribution < 1.29 is 15.0 Å². The average Bonchev–Trinajstić information content (AvgIpc) is 2.61. The van der Waals surface area contributed by atoms with E-state index in [1.54, 1.807) is 12.3 Å². The SMILES string of the molecule is O=C(O)c1sc(Cc2ccccn2)nc1O. The van der Waals surface area contributed by atoms with Gasteiger partial charge in [0.15, 0.2) is 4.88 Å². The van der Waals surface area contributed by atoms with Crippen molar-refractivity contribution in [1.82, 2.24) is 9.97 Å². The Kier molecular flexibility index (Phi) is 2.82. The average molecular weight is 236 g/mol. The van der Waals surface area contributed by atoms with Gasteiger partial charge in [-0.3, -0.25) is 4.98 Å². The molecular formula is C10H8N2O3S. The third kappa shape index (κ3) is 2.17. The maximum atomic E-state index is 10.7. The van der Waals surface area contributed by atoms with Gasteiger partial charge in [-0.2, -0.15) is 0 Å². The molecule has 0 fully saturated rings. The number of hydrogen-bond acceptors (Lipinski definition) is 5. The van der Waals surface area contributed by atoms with Crippen LogP contribution in [-0.4, -0.2) is 26.2 Å². The number of rotatable bonds is 3. The lowest BCUT2D eigenvalue weighted by atomic mass is 10.3. The van der Waals surface area contributed by atoms with Crippen molar-refractivity contribution >= 4 is 17.3 Å². The van der Waals surface area contributed by atoms with Crippen molar-refractivity contribution in [3.63, 3.8) is 0 Å². The Morgan fingerprint density at radius 1 is 1.44 bits per heavy atom. The molecule has 0 unspecified atom stereocenters. The van der Waals surface area contributed by atoms with Gasteiger partial charge in [0.25, 0.3) is 0 Å². The summed E-state index contributed by atoms with van der Waals surface area (Å²) < 4.78 is 0. The predicted octanol–water partition coefficient (Wildman–Crippen LogP) is 1.53. The number of pyridine rings is 1. The molecule has 0 aliphatic carbocycles. The summed E-state index contributed by atoms with van der Waals surface area (Å²) in [5.74, 6) is -1.59. The molecule has 82 valence electrons. The summed E-state index contributed by atoms with van der Waals surface area (Å²) in [7, 11) is 0. The van der Waals surface area contributed by atoms with E-state index in [2.05, 4.69) is 9.97 Å². The summed E-state index contributed by atoms with van der Waals surface area (Å²) in [6, 6.07) is 5.46. The lowest BCUT2D eigenvalue weighted by molar-refractivity contribution is 0.0699. The molecule has 0 aliphatic rings. The van der Waals surface area contributed by atoms with Crippen LogP contribution in [0.2, 0.25) is 0 Å². The summed E-state index contributed by atoms with van der Waals surface area (Å²) in [4.78, 5) is 18.4. The molecule has 0 bridgehead atoms. The summed E-state index contributed by atoms with van der Waals surface area (Å²) in [6.45, 7) is 0. The van der Waals surface area contributed by atoms with Gasteiger partial charge >= 0.3 is 5.97 Å². The van der Waals surface area contributed by atoms with E-state index >= 15 is 0 Å². The maximum absolute atomic E-state index is 10.7. The van der Waals surface area contributed by atoms with Gasteiger partial charge in [0.1, 0.15) is 5.01 Å². The van der Waals surface area contributed by atoms with E-state index in [4.69, 9.17) is 5.11 Å². The van der Waals surface area contributed by atoms with Gasteiger partial charge in [0.2, 0.25) is 5.88 Å². The molecule has 16 heavy (non-hydrogen) atoms. The van der Waals surface area contributed by atoms with Crippen molar-refractivity contribution in [2.24, 2.45) is 0 Å². The Morgan fingerprint density at radius 3 is 2.81 bits per heavy atom. The van der Waals surface area contributed by atoms with Gasteiger partial charge in [-0.1, -0.05) is 6.07 Å². The van der Waals surface area contributed by atoms with Crippen LogP contribution in [0.25, 0.3) is 0 Å². The predicted molar refractivity (Wildman–Crippen MR) is 57.8 cm³/mol. The monoisotopic (exact) mass is 236 g/mol. The first-order valence-electron chi connectivity index (χ1n) is 4.48. The fraction of sp³-hybridized carbons (Fsp3) is 0.100. The Bertz CT molecular complexity index is 510. The van der Waals surface area contributed by atoms with Gasteiger partial charge in [0.05, 0.1) is 0 Å². The topological polar surface area (TPSA) is 83.3 Å². The van der Waals surface area contributed by atoms with Crippen molar-refractivity contribution in [2.75, 3.05) is 0 Å². The number of nitrogens with zero attached hydrogens (tertiary/aromatic N) is 2. The number of carboxylic acids is 1. The van der Waals surface area contributed by atoms with E-state index in [1.807, 2.05) is 12.1 Å². The first-order chi connectivity index (χ1) is 7.66. The second-order valence-electron chi connectivity index (χ2n) is 3.06. The number of hydrogen-bond donors (Lipinski definition) is 2. The Morgan fingerprint density at radius 2 is 2.25 bits per heavy atom. The quantitative estimate of drug-likeness (QED) is 0.844. The second kappa shape index (κ2) is 4.28. The van der Waals surface area contributed by atoms with E-state index in [9.17, 15) is 9.90 Å². The molecule has 0 amide bonds. The number of thiazole rings is 1. The minimum absolute atomic E-state index is 0.133. The first kappa shape index (κ1) is 10.6. The van der Waals surface area contributed by atoms with Gasteiger partial charge in [-0.25, -0.2) is 9.78 Å². The molecule has 0 aromatic carbocycles. The van der Waals surface area contributed by atoms with E-state index in [-0.39, 0.29) is 4.88 Å². The molecular weight excluding hydrogens is 228 g/mol. The summed E-state index contributed by atoms with van der Waals surface area (Å²) in [5, 5.41) is 18.6. The first-order valence-corrected chi connectivity index (χ1v) is 5.30. The maximum Gasteiger partial charge on any atom is 0.351 e. The molecule has 2 aromatic heterocycles. The molecule has 0 atom stereocenters. The molecule has 2 aromatic rings. The lowest BCUT2D eigenvalue weighted by Gasteiger charge is -1.94. The zero-order valence-corrected chi connectivity index (χ0v) is 8.94. The molecule has 6 heteroatoms. The van der Waals surface area contributed by atoms with E-state index < -0.39 is 11.8 Å². The molecule has 0 spiro atoms. The van der Waals surface area contributed by atoms with Crippen LogP contribution in [0.15, 0.2) is 24.4 Å². The third-order valence-electron chi connectivity index (χ3n) is 1.91. The standard InChI is InChI=1S/C10H8N2O3S/c13-9-8(10(14)15)16-7(12-9)5-6-3-1-2-4-11-6/h1-4,13H,5H2,(H,14,15). The lowest BCUT2D eigenvalue weighted by Crippen LogP contribution is -1.91. The minimum Gasteiger partial charge on any atom is -0.492 e. The van der Waals surface area contributed by atoms with Crippen LogP contribution in [0.5, 0.6) is 5.88 Å². The van der Waals surface area contributed by atoms with E-state index in [0.717, 1.165) is 17.0 Å². The smallest absolute Gasteiger partial charge is 0.351 e. The zero-order chi connectivity index (χ0) is 11.5. The normalized spacial score (nSPS) is 10.2. The summed E-state index contributed by atoms with van der Waals surface area (Å²) >= 11 is 0.962. The number of carboxylic acid groups (broad SMARTS) is 1. The van der Waals surface area contributed by atoms with Crippen LogP contribution in [0.1, 0.15) is 20.4 Å².